The van der Waals surface area contributed by atoms with Crippen molar-refractivity contribution in [2.45, 2.75) is 6.92 Å². The van der Waals surface area contributed by atoms with Crippen molar-refractivity contribution >= 4 is 23.4 Å². The van der Waals surface area contributed by atoms with E-state index in [0.717, 1.165) is 26.4 Å². The summed E-state index contributed by atoms with van der Waals surface area (Å²) in [5, 5.41) is 2.51. The number of esters is 2. The summed E-state index contributed by atoms with van der Waals surface area (Å²) in [6, 6.07) is 2.16. The van der Waals surface area contributed by atoms with Crippen LogP contribution in [0.4, 0.5) is 10.1 Å². The van der Waals surface area contributed by atoms with Crippen molar-refractivity contribution in [1.29, 1.82) is 0 Å². The van der Waals surface area contributed by atoms with Gasteiger partial charge < -0.3 is 19.5 Å². The van der Waals surface area contributed by atoms with E-state index >= 15 is 0 Å². The Bertz CT molecular complexity index is 668. The highest BCUT2D eigenvalue weighted by Crippen LogP contribution is 2.27. The average molecular weight is 325 g/mol. The summed E-state index contributed by atoms with van der Waals surface area (Å²) in [6.07, 6.45) is 0.831. The number of ether oxygens (including phenoxy) is 3. The van der Waals surface area contributed by atoms with Gasteiger partial charge in [-0.15, -0.1) is 0 Å². The third-order valence-electron chi connectivity index (χ3n) is 2.81. The summed E-state index contributed by atoms with van der Waals surface area (Å²) in [5.41, 5.74) is -0.259. The Morgan fingerprint density at radius 1 is 1.13 bits per heavy atom. The van der Waals surface area contributed by atoms with Gasteiger partial charge in [0.2, 0.25) is 0 Å². The van der Waals surface area contributed by atoms with E-state index in [0.29, 0.717) is 0 Å². The minimum Gasteiger partial charge on any atom is -0.494 e. The molecule has 0 fully saturated rings. The van der Waals surface area contributed by atoms with Crippen LogP contribution in [0.25, 0.3) is 0 Å². The maximum atomic E-state index is 13.9. The molecule has 0 atom stereocenters. The van der Waals surface area contributed by atoms with Gasteiger partial charge in [0.15, 0.2) is 17.3 Å². The van der Waals surface area contributed by atoms with Crippen molar-refractivity contribution in [3.63, 3.8) is 0 Å². The Labute approximate surface area is 132 Å². The second-order valence-electron chi connectivity index (χ2n) is 4.29. The van der Waals surface area contributed by atoms with Crippen LogP contribution in [-0.4, -0.2) is 39.1 Å². The molecule has 0 unspecified atom stereocenters. The molecule has 1 N–H and O–H groups in total. The minimum atomic E-state index is -0.888. The molecule has 124 valence electrons. The highest BCUT2D eigenvalue weighted by Gasteiger charge is 2.18. The number of carbonyl (C=O) groups is 3. The number of Topliss-reactive ketones (excluding diaryl/α,β-unsaturated/α-hetero) is 1. The van der Waals surface area contributed by atoms with Crippen molar-refractivity contribution in [2.75, 3.05) is 26.6 Å². The number of carbonyl (C=O) groups excluding carboxylic acids is 3. The fraction of sp³-hybridized carbons (Fsp3) is 0.267. The predicted octanol–water partition coefficient (Wildman–Crippen LogP) is 1.68. The number of ketones is 1. The highest BCUT2D eigenvalue weighted by molar-refractivity contribution is 6.03. The number of anilines is 1. The van der Waals surface area contributed by atoms with Gasteiger partial charge in [0.25, 0.3) is 0 Å². The molecule has 0 heterocycles. The van der Waals surface area contributed by atoms with Gasteiger partial charge in [-0.3, -0.25) is 4.79 Å². The summed E-state index contributed by atoms with van der Waals surface area (Å²) in [6.45, 7) is 1.26. The van der Waals surface area contributed by atoms with Crippen LogP contribution in [0.15, 0.2) is 23.9 Å². The molecule has 7 nitrogen and oxygen atoms in total. The number of methoxy groups -OCH3 is 3. The lowest BCUT2D eigenvalue weighted by Crippen LogP contribution is -2.17. The molecule has 0 bridgehead atoms. The summed E-state index contributed by atoms with van der Waals surface area (Å²) < 4.78 is 27.6. The van der Waals surface area contributed by atoms with E-state index in [2.05, 4.69) is 14.8 Å². The zero-order valence-corrected chi connectivity index (χ0v) is 13.1. The zero-order chi connectivity index (χ0) is 17.6. The molecule has 0 radical (unpaired) electrons. The van der Waals surface area contributed by atoms with Crippen molar-refractivity contribution in [3.8, 4) is 5.75 Å². The van der Waals surface area contributed by atoms with Gasteiger partial charge in [-0.25, -0.2) is 14.0 Å². The molecular formula is C15H16FNO6. The van der Waals surface area contributed by atoms with Gasteiger partial charge in [-0.05, 0) is 13.0 Å². The smallest absolute Gasteiger partial charge is 0.354 e. The Kier molecular flexibility index (Phi) is 6.25. The number of nitrogens with one attached hydrogen (secondary N) is 1. The van der Waals surface area contributed by atoms with Crippen LogP contribution in [0.2, 0.25) is 0 Å². The van der Waals surface area contributed by atoms with Crippen molar-refractivity contribution in [3.05, 3.63) is 35.3 Å². The summed E-state index contributed by atoms with van der Waals surface area (Å²) in [4.78, 5) is 34.7. The lowest BCUT2D eigenvalue weighted by atomic mass is 10.1. The molecule has 0 aliphatic rings. The molecule has 1 aromatic rings. The van der Waals surface area contributed by atoms with Gasteiger partial charge in [0.05, 0.1) is 33.1 Å². The topological polar surface area (TPSA) is 90.9 Å². The first kappa shape index (κ1) is 18.1. The predicted molar refractivity (Wildman–Crippen MR) is 78.7 cm³/mol. The molecule has 0 spiro atoms. The molecule has 0 aliphatic carbocycles. The fourth-order valence-electron chi connectivity index (χ4n) is 1.68. The van der Waals surface area contributed by atoms with E-state index in [1.165, 1.54) is 20.1 Å². The summed E-state index contributed by atoms with van der Waals surface area (Å²) >= 11 is 0. The normalized spacial score (nSPS) is 10.7. The van der Waals surface area contributed by atoms with E-state index in [1.807, 2.05) is 0 Å². The van der Waals surface area contributed by atoms with Crippen LogP contribution >= 0.6 is 0 Å². The van der Waals surface area contributed by atoms with E-state index in [1.54, 1.807) is 0 Å². The second-order valence-corrected chi connectivity index (χ2v) is 4.29. The van der Waals surface area contributed by atoms with Crippen molar-refractivity contribution < 1.29 is 33.0 Å². The Morgan fingerprint density at radius 2 is 1.78 bits per heavy atom. The monoisotopic (exact) mass is 325 g/mol. The Morgan fingerprint density at radius 3 is 2.26 bits per heavy atom. The molecule has 1 rings (SSSR count). The number of hydrogen-bond donors (Lipinski definition) is 1. The van der Waals surface area contributed by atoms with Gasteiger partial charge in [-0.2, -0.15) is 0 Å². The van der Waals surface area contributed by atoms with Crippen molar-refractivity contribution in [2.24, 2.45) is 0 Å². The standard InChI is InChI=1S/C15H16FNO6/c1-8(18)9-5-13(21-2)10(16)6-11(9)17-12(15(20)23-4)7-14(19)22-3/h5-7,17H,1-4H3/b12-7+. The first-order valence-electron chi connectivity index (χ1n) is 6.37. The first-order valence-corrected chi connectivity index (χ1v) is 6.37. The molecular weight excluding hydrogens is 309 g/mol. The van der Waals surface area contributed by atoms with Gasteiger partial charge in [0.1, 0.15) is 5.70 Å². The highest BCUT2D eigenvalue weighted by atomic mass is 19.1. The molecule has 23 heavy (non-hydrogen) atoms. The number of halogens is 1. The van der Waals surface area contributed by atoms with Gasteiger partial charge in [-0.1, -0.05) is 0 Å². The molecule has 1 aromatic carbocycles. The van der Waals surface area contributed by atoms with Crippen LogP contribution < -0.4 is 10.1 Å². The van der Waals surface area contributed by atoms with E-state index in [9.17, 15) is 18.8 Å². The number of hydrogen-bond acceptors (Lipinski definition) is 7. The molecule has 0 aliphatic heterocycles. The minimum absolute atomic E-state index is 0.0173. The fourth-order valence-corrected chi connectivity index (χ4v) is 1.68. The van der Waals surface area contributed by atoms with Gasteiger partial charge in [0, 0.05) is 11.6 Å². The zero-order valence-electron chi connectivity index (χ0n) is 13.1. The van der Waals surface area contributed by atoms with Crippen LogP contribution in [-0.2, 0) is 19.1 Å². The SMILES string of the molecule is COC(=O)/C=C(/Nc1cc(F)c(OC)cc1C(C)=O)C(=O)OC. The quantitative estimate of drug-likeness (QED) is 0.483. The lowest BCUT2D eigenvalue weighted by Gasteiger charge is -2.14. The van der Waals surface area contributed by atoms with Crippen LogP contribution in [0.5, 0.6) is 5.75 Å². The molecule has 0 amide bonds. The number of benzene rings is 1. The van der Waals surface area contributed by atoms with E-state index in [-0.39, 0.29) is 22.7 Å². The molecule has 0 saturated heterocycles. The first-order chi connectivity index (χ1) is 10.8. The van der Waals surface area contributed by atoms with Crippen LogP contribution in [0, 0.1) is 5.82 Å². The van der Waals surface area contributed by atoms with Crippen molar-refractivity contribution in [1.82, 2.24) is 0 Å². The molecule has 0 aromatic heterocycles. The lowest BCUT2D eigenvalue weighted by molar-refractivity contribution is -0.138. The van der Waals surface area contributed by atoms with Gasteiger partial charge >= 0.3 is 11.9 Å². The van der Waals surface area contributed by atoms with Crippen LogP contribution in [0.1, 0.15) is 17.3 Å². The Balaban J connectivity index is 3.35. The largest absolute Gasteiger partial charge is 0.494 e. The maximum Gasteiger partial charge on any atom is 0.354 e. The third kappa shape index (κ3) is 4.53. The second kappa shape index (κ2) is 7.92. The van der Waals surface area contributed by atoms with E-state index in [4.69, 9.17) is 4.74 Å². The third-order valence-corrected chi connectivity index (χ3v) is 2.81. The molecule has 0 saturated carbocycles. The molecule has 8 heteroatoms. The summed E-state index contributed by atoms with van der Waals surface area (Å²) in [7, 11) is 3.49. The van der Waals surface area contributed by atoms with E-state index < -0.39 is 23.5 Å². The average Bonchev–Trinajstić information content (AvgIpc) is 2.53. The summed E-state index contributed by atoms with van der Waals surface area (Å²) in [5.74, 6) is -2.98. The number of rotatable bonds is 6. The maximum absolute atomic E-state index is 13.9. The Hall–Kier alpha value is -2.90. The van der Waals surface area contributed by atoms with Crippen LogP contribution in [0.3, 0.4) is 0 Å².